The lowest BCUT2D eigenvalue weighted by Crippen LogP contribution is -2.54. The number of benzene rings is 1. The molecule has 9 heteroatoms. The Hall–Kier alpha value is -0.680. The SMILES string of the molecule is NC1CCN(c2cccc3c(CC(F)(F)F)c(I)sc23)C(F)C1F. The second-order valence-corrected chi connectivity index (χ2v) is 8.59. The fraction of sp³-hybridized carbons (Fsp3) is 0.467. The predicted octanol–water partition coefficient (Wildman–Crippen LogP) is 4.78. The van der Waals surface area contributed by atoms with Gasteiger partial charge in [0.2, 0.25) is 6.30 Å². The van der Waals surface area contributed by atoms with Gasteiger partial charge in [-0.2, -0.15) is 13.2 Å². The zero-order valence-electron chi connectivity index (χ0n) is 12.3. The average Bonchev–Trinajstić information content (AvgIpc) is 2.80. The molecule has 0 saturated carbocycles. The Kier molecular flexibility index (Phi) is 4.95. The van der Waals surface area contributed by atoms with E-state index >= 15 is 0 Å². The van der Waals surface area contributed by atoms with E-state index in [2.05, 4.69) is 0 Å². The number of nitrogens with zero attached hydrogens (tertiary/aromatic N) is 1. The highest BCUT2D eigenvalue weighted by Gasteiger charge is 2.38. The summed E-state index contributed by atoms with van der Waals surface area (Å²) in [5, 5.41) is 0.441. The number of hydrogen-bond acceptors (Lipinski definition) is 3. The molecule has 2 heterocycles. The number of piperidine rings is 1. The van der Waals surface area contributed by atoms with Crippen LogP contribution in [0, 0.1) is 2.88 Å². The first kappa shape index (κ1) is 18.1. The van der Waals surface area contributed by atoms with Crippen molar-refractivity contribution >= 4 is 49.7 Å². The molecule has 1 aliphatic rings. The Balaban J connectivity index is 2.06. The molecule has 0 aliphatic carbocycles. The summed E-state index contributed by atoms with van der Waals surface area (Å²) in [6, 6.07) is 3.92. The minimum Gasteiger partial charge on any atom is -0.338 e. The molecule has 0 amide bonds. The highest BCUT2D eigenvalue weighted by molar-refractivity contribution is 14.1. The van der Waals surface area contributed by atoms with Gasteiger partial charge in [-0.25, -0.2) is 8.78 Å². The summed E-state index contributed by atoms with van der Waals surface area (Å²) in [5.74, 6) is 0. The molecule has 3 rings (SSSR count). The summed E-state index contributed by atoms with van der Waals surface area (Å²) < 4.78 is 67.8. The quantitative estimate of drug-likeness (QED) is 0.384. The lowest BCUT2D eigenvalue weighted by Gasteiger charge is -2.37. The van der Waals surface area contributed by atoms with E-state index in [1.165, 1.54) is 16.2 Å². The van der Waals surface area contributed by atoms with Crippen LogP contribution in [0.25, 0.3) is 10.1 Å². The van der Waals surface area contributed by atoms with Crippen molar-refractivity contribution in [2.45, 2.75) is 37.5 Å². The topological polar surface area (TPSA) is 29.3 Å². The molecule has 132 valence electrons. The van der Waals surface area contributed by atoms with Gasteiger partial charge in [0, 0.05) is 12.6 Å². The van der Waals surface area contributed by atoms with E-state index in [0.717, 1.165) is 0 Å². The molecule has 1 saturated heterocycles. The van der Waals surface area contributed by atoms with Crippen molar-refractivity contribution in [1.82, 2.24) is 0 Å². The molecule has 1 fully saturated rings. The number of anilines is 1. The van der Waals surface area contributed by atoms with Gasteiger partial charge in [-0.15, -0.1) is 11.3 Å². The third kappa shape index (κ3) is 3.34. The van der Waals surface area contributed by atoms with Gasteiger partial charge in [-0.3, -0.25) is 0 Å². The first-order valence-corrected chi connectivity index (χ1v) is 9.15. The maximum Gasteiger partial charge on any atom is 0.393 e. The Morgan fingerprint density at radius 3 is 2.67 bits per heavy atom. The van der Waals surface area contributed by atoms with E-state index in [1.807, 2.05) is 22.6 Å². The third-order valence-corrected chi connectivity index (χ3v) is 6.48. The minimum atomic E-state index is -4.32. The summed E-state index contributed by atoms with van der Waals surface area (Å²) in [7, 11) is 0. The summed E-state index contributed by atoms with van der Waals surface area (Å²) in [6.45, 7) is 0.227. The van der Waals surface area contributed by atoms with Crippen molar-refractivity contribution in [3.63, 3.8) is 0 Å². The number of nitrogens with two attached hydrogens (primary N) is 1. The Morgan fingerprint density at radius 1 is 1.29 bits per heavy atom. The molecular weight excluding hydrogens is 462 g/mol. The van der Waals surface area contributed by atoms with E-state index in [4.69, 9.17) is 5.73 Å². The molecule has 2 N–H and O–H groups in total. The van der Waals surface area contributed by atoms with Gasteiger partial charge in [0.05, 0.1) is 19.7 Å². The second-order valence-electron chi connectivity index (χ2n) is 5.76. The van der Waals surface area contributed by atoms with Crippen molar-refractivity contribution < 1.29 is 22.0 Å². The highest BCUT2D eigenvalue weighted by Crippen LogP contribution is 2.42. The van der Waals surface area contributed by atoms with Crippen LogP contribution in [0.3, 0.4) is 0 Å². The van der Waals surface area contributed by atoms with Crippen molar-refractivity contribution in [3.05, 3.63) is 26.6 Å². The summed E-state index contributed by atoms with van der Waals surface area (Å²) in [6.07, 6.45) is -8.79. The van der Waals surface area contributed by atoms with Crippen molar-refractivity contribution in [2.75, 3.05) is 11.4 Å². The van der Waals surface area contributed by atoms with Crippen LogP contribution in [-0.2, 0) is 6.42 Å². The second kappa shape index (κ2) is 6.56. The molecule has 2 aromatic rings. The fourth-order valence-corrected chi connectivity index (χ4v) is 5.14. The van der Waals surface area contributed by atoms with Crippen LogP contribution in [-0.4, -0.2) is 31.2 Å². The molecule has 2 nitrogen and oxygen atoms in total. The number of fused-ring (bicyclic) bond motifs is 1. The molecule has 0 radical (unpaired) electrons. The maximum atomic E-state index is 14.4. The fourth-order valence-electron chi connectivity index (χ4n) is 2.92. The molecule has 0 bridgehead atoms. The largest absolute Gasteiger partial charge is 0.393 e. The third-order valence-electron chi connectivity index (χ3n) is 4.11. The van der Waals surface area contributed by atoms with Crippen LogP contribution in [0.4, 0.5) is 27.6 Å². The van der Waals surface area contributed by atoms with E-state index in [9.17, 15) is 22.0 Å². The van der Waals surface area contributed by atoms with Crippen molar-refractivity contribution in [2.24, 2.45) is 5.73 Å². The highest BCUT2D eigenvalue weighted by atomic mass is 127. The van der Waals surface area contributed by atoms with E-state index < -0.39 is 31.1 Å². The number of rotatable bonds is 2. The maximum absolute atomic E-state index is 14.4. The summed E-state index contributed by atoms with van der Waals surface area (Å²) >= 11 is 3.03. The minimum absolute atomic E-state index is 0.186. The molecule has 3 atom stereocenters. The Labute approximate surface area is 152 Å². The smallest absolute Gasteiger partial charge is 0.338 e. The van der Waals surface area contributed by atoms with Gasteiger partial charge in [-0.05, 0) is 46.0 Å². The molecule has 0 spiro atoms. The van der Waals surface area contributed by atoms with Gasteiger partial charge in [0.1, 0.15) is 0 Å². The molecule has 1 aromatic carbocycles. The number of alkyl halides is 5. The van der Waals surface area contributed by atoms with Crippen LogP contribution in [0.15, 0.2) is 18.2 Å². The summed E-state index contributed by atoms with van der Waals surface area (Å²) in [4.78, 5) is 1.26. The summed E-state index contributed by atoms with van der Waals surface area (Å²) in [5.41, 5.74) is 6.16. The van der Waals surface area contributed by atoms with Gasteiger partial charge in [0.25, 0.3) is 0 Å². The van der Waals surface area contributed by atoms with Gasteiger partial charge >= 0.3 is 6.18 Å². The number of halogens is 6. The lowest BCUT2D eigenvalue weighted by atomic mass is 10.0. The van der Waals surface area contributed by atoms with E-state index in [1.54, 1.807) is 18.2 Å². The zero-order valence-corrected chi connectivity index (χ0v) is 15.3. The van der Waals surface area contributed by atoms with Gasteiger partial charge < -0.3 is 10.6 Å². The van der Waals surface area contributed by atoms with E-state index in [-0.39, 0.29) is 18.5 Å². The zero-order chi connectivity index (χ0) is 17.6. The number of hydrogen-bond donors (Lipinski definition) is 1. The normalized spacial score (nSPS) is 25.5. The Morgan fingerprint density at radius 2 is 2.00 bits per heavy atom. The standard InChI is InChI=1S/C15H14F5IN2S/c16-11-9(22)4-5-23(13(11)17)10-3-1-2-7-8(6-15(18,19)20)14(21)24-12(7)10/h1-3,9,11,13H,4-6,22H2. The van der Waals surface area contributed by atoms with Crippen molar-refractivity contribution in [3.8, 4) is 0 Å². The van der Waals surface area contributed by atoms with Crippen LogP contribution in [0.5, 0.6) is 0 Å². The predicted molar refractivity (Wildman–Crippen MR) is 94.0 cm³/mol. The monoisotopic (exact) mass is 476 g/mol. The molecular formula is C15H14F5IN2S. The lowest BCUT2D eigenvalue weighted by molar-refractivity contribution is -0.127. The molecule has 24 heavy (non-hydrogen) atoms. The molecule has 3 unspecified atom stereocenters. The van der Waals surface area contributed by atoms with Crippen molar-refractivity contribution in [1.29, 1.82) is 0 Å². The van der Waals surface area contributed by atoms with Crippen LogP contribution < -0.4 is 10.6 Å². The average molecular weight is 476 g/mol. The molecule has 1 aromatic heterocycles. The Bertz CT molecular complexity index is 747. The first-order valence-electron chi connectivity index (χ1n) is 7.26. The number of thiophene rings is 1. The van der Waals surface area contributed by atoms with Gasteiger partial charge in [0.15, 0.2) is 6.17 Å². The van der Waals surface area contributed by atoms with Crippen LogP contribution in [0.1, 0.15) is 12.0 Å². The van der Waals surface area contributed by atoms with Crippen LogP contribution in [0.2, 0.25) is 0 Å². The van der Waals surface area contributed by atoms with Crippen LogP contribution >= 0.6 is 33.9 Å². The van der Waals surface area contributed by atoms with Gasteiger partial charge in [-0.1, -0.05) is 12.1 Å². The van der Waals surface area contributed by atoms with E-state index in [0.29, 0.717) is 18.7 Å². The first-order chi connectivity index (χ1) is 11.2. The molecule has 1 aliphatic heterocycles.